The quantitative estimate of drug-likeness (QED) is 0.797. The van der Waals surface area contributed by atoms with E-state index in [1.807, 2.05) is 6.26 Å². The summed E-state index contributed by atoms with van der Waals surface area (Å²) in [5, 5.41) is 5.52. The molecule has 0 fully saturated rings. The van der Waals surface area contributed by atoms with Gasteiger partial charge >= 0.3 is 0 Å². The SMILES string of the molecule is CCC(=O)NC(CCSC)C(=O)Nc1ccncc1. The highest BCUT2D eigenvalue weighted by molar-refractivity contribution is 7.98. The molecule has 1 aromatic rings. The lowest BCUT2D eigenvalue weighted by atomic mass is 10.2. The maximum atomic E-state index is 12.1. The van der Waals surface area contributed by atoms with E-state index < -0.39 is 6.04 Å². The van der Waals surface area contributed by atoms with Crippen molar-refractivity contribution in [3.8, 4) is 0 Å². The molecule has 1 atom stereocenters. The summed E-state index contributed by atoms with van der Waals surface area (Å²) in [7, 11) is 0. The molecule has 1 rings (SSSR count). The van der Waals surface area contributed by atoms with Gasteiger partial charge in [-0.3, -0.25) is 14.6 Å². The molecule has 1 heterocycles. The predicted octanol–water partition coefficient (Wildman–Crippen LogP) is 1.67. The average molecular weight is 281 g/mol. The Balaban J connectivity index is 2.62. The molecule has 0 aliphatic rings. The first-order chi connectivity index (χ1) is 9.17. The maximum Gasteiger partial charge on any atom is 0.246 e. The molecule has 19 heavy (non-hydrogen) atoms. The van der Waals surface area contributed by atoms with Gasteiger partial charge in [-0.1, -0.05) is 6.92 Å². The number of nitrogens with zero attached hydrogens (tertiary/aromatic N) is 1. The Morgan fingerprint density at radius 2 is 2.05 bits per heavy atom. The summed E-state index contributed by atoms with van der Waals surface area (Å²) in [6.07, 6.45) is 6.18. The van der Waals surface area contributed by atoms with E-state index in [4.69, 9.17) is 0 Å². The summed E-state index contributed by atoms with van der Waals surface area (Å²) in [6, 6.07) is 2.93. The molecule has 6 heteroatoms. The van der Waals surface area contributed by atoms with Gasteiger partial charge in [-0.05, 0) is 30.6 Å². The smallest absolute Gasteiger partial charge is 0.246 e. The number of anilines is 1. The lowest BCUT2D eigenvalue weighted by Gasteiger charge is -2.17. The molecule has 1 aromatic heterocycles. The van der Waals surface area contributed by atoms with Gasteiger partial charge in [-0.25, -0.2) is 0 Å². The van der Waals surface area contributed by atoms with Crippen molar-refractivity contribution in [1.82, 2.24) is 10.3 Å². The Morgan fingerprint density at radius 3 is 2.63 bits per heavy atom. The van der Waals surface area contributed by atoms with Crippen molar-refractivity contribution >= 4 is 29.3 Å². The fourth-order valence-corrected chi connectivity index (χ4v) is 1.94. The Bertz CT molecular complexity index is 412. The number of aromatic nitrogens is 1. The number of carbonyl (C=O) groups excluding carboxylic acids is 2. The van der Waals surface area contributed by atoms with Crippen molar-refractivity contribution in [2.45, 2.75) is 25.8 Å². The highest BCUT2D eigenvalue weighted by Gasteiger charge is 2.19. The van der Waals surface area contributed by atoms with Crippen LogP contribution in [-0.2, 0) is 9.59 Å². The second-order valence-electron chi connectivity index (χ2n) is 3.98. The van der Waals surface area contributed by atoms with Crippen molar-refractivity contribution in [3.63, 3.8) is 0 Å². The van der Waals surface area contributed by atoms with E-state index >= 15 is 0 Å². The van der Waals surface area contributed by atoms with E-state index in [1.54, 1.807) is 43.2 Å². The summed E-state index contributed by atoms with van der Waals surface area (Å²) >= 11 is 1.65. The van der Waals surface area contributed by atoms with Crippen LogP contribution in [0, 0.1) is 0 Å². The van der Waals surface area contributed by atoms with E-state index in [9.17, 15) is 9.59 Å². The van der Waals surface area contributed by atoms with Crippen molar-refractivity contribution in [3.05, 3.63) is 24.5 Å². The van der Waals surface area contributed by atoms with Crippen LogP contribution in [0.3, 0.4) is 0 Å². The van der Waals surface area contributed by atoms with Gasteiger partial charge in [0.05, 0.1) is 0 Å². The molecule has 2 amide bonds. The van der Waals surface area contributed by atoms with E-state index in [0.29, 0.717) is 18.5 Å². The second-order valence-corrected chi connectivity index (χ2v) is 4.97. The summed E-state index contributed by atoms with van der Waals surface area (Å²) < 4.78 is 0. The first-order valence-electron chi connectivity index (χ1n) is 6.16. The van der Waals surface area contributed by atoms with Gasteiger partial charge in [-0.15, -0.1) is 0 Å². The standard InChI is InChI=1S/C13H19N3O2S/c1-3-12(17)16-11(6-9-19-2)13(18)15-10-4-7-14-8-5-10/h4-5,7-8,11H,3,6,9H2,1-2H3,(H,16,17)(H,14,15,18). The molecule has 5 nitrogen and oxygen atoms in total. The van der Waals surface area contributed by atoms with Crippen molar-refractivity contribution in [1.29, 1.82) is 0 Å². The van der Waals surface area contributed by atoms with E-state index in [1.165, 1.54) is 0 Å². The molecule has 0 saturated heterocycles. The van der Waals surface area contributed by atoms with Gasteiger partial charge < -0.3 is 10.6 Å². The molecule has 0 aliphatic carbocycles. The molecule has 104 valence electrons. The Morgan fingerprint density at radius 1 is 1.37 bits per heavy atom. The zero-order valence-electron chi connectivity index (χ0n) is 11.2. The van der Waals surface area contributed by atoms with Gasteiger partial charge in [0.1, 0.15) is 6.04 Å². The number of rotatable bonds is 7. The maximum absolute atomic E-state index is 12.1. The van der Waals surface area contributed by atoms with E-state index in [-0.39, 0.29) is 11.8 Å². The number of amides is 2. The molecule has 0 aliphatic heterocycles. The van der Waals surface area contributed by atoms with Gasteiger partial charge in [-0.2, -0.15) is 11.8 Å². The first-order valence-corrected chi connectivity index (χ1v) is 7.56. The summed E-state index contributed by atoms with van der Waals surface area (Å²) in [6.45, 7) is 1.77. The lowest BCUT2D eigenvalue weighted by molar-refractivity contribution is -0.126. The normalized spacial score (nSPS) is 11.7. The largest absolute Gasteiger partial charge is 0.344 e. The Labute approximate surface area is 117 Å². The molecule has 2 N–H and O–H groups in total. The van der Waals surface area contributed by atoms with E-state index in [2.05, 4.69) is 15.6 Å². The topological polar surface area (TPSA) is 71.1 Å². The fourth-order valence-electron chi connectivity index (χ4n) is 1.47. The molecule has 1 unspecified atom stereocenters. The number of hydrogen-bond acceptors (Lipinski definition) is 4. The Hall–Kier alpha value is -1.56. The van der Waals surface area contributed by atoms with Crippen molar-refractivity contribution in [2.24, 2.45) is 0 Å². The minimum absolute atomic E-state index is 0.115. The summed E-state index contributed by atoms with van der Waals surface area (Å²) in [4.78, 5) is 27.4. The molecular formula is C13H19N3O2S. The van der Waals surface area contributed by atoms with Gasteiger partial charge in [0.15, 0.2) is 0 Å². The van der Waals surface area contributed by atoms with Crippen LogP contribution < -0.4 is 10.6 Å². The molecule has 0 bridgehead atoms. The number of pyridine rings is 1. The van der Waals surface area contributed by atoms with Gasteiger partial charge in [0.2, 0.25) is 11.8 Å². The van der Waals surface area contributed by atoms with Crippen molar-refractivity contribution in [2.75, 3.05) is 17.3 Å². The molecular weight excluding hydrogens is 262 g/mol. The van der Waals surface area contributed by atoms with Crippen LogP contribution in [0.15, 0.2) is 24.5 Å². The number of hydrogen-bond donors (Lipinski definition) is 2. The first kappa shape index (κ1) is 15.5. The van der Waals surface area contributed by atoms with Crippen LogP contribution in [-0.4, -0.2) is 34.8 Å². The number of nitrogens with one attached hydrogen (secondary N) is 2. The van der Waals surface area contributed by atoms with Crippen LogP contribution in [0.2, 0.25) is 0 Å². The van der Waals surface area contributed by atoms with Crippen LogP contribution in [0.5, 0.6) is 0 Å². The van der Waals surface area contributed by atoms with Crippen LogP contribution in [0.25, 0.3) is 0 Å². The van der Waals surface area contributed by atoms with Gasteiger partial charge in [0, 0.05) is 24.5 Å². The summed E-state index contributed by atoms with van der Waals surface area (Å²) in [5.41, 5.74) is 0.680. The summed E-state index contributed by atoms with van der Waals surface area (Å²) in [5.74, 6) is 0.511. The minimum Gasteiger partial charge on any atom is -0.344 e. The van der Waals surface area contributed by atoms with Gasteiger partial charge in [0.25, 0.3) is 0 Å². The number of carbonyl (C=O) groups is 2. The molecule has 0 radical (unpaired) electrons. The second kappa shape index (κ2) is 8.53. The third-order valence-electron chi connectivity index (χ3n) is 2.53. The van der Waals surface area contributed by atoms with Crippen molar-refractivity contribution < 1.29 is 9.59 Å². The third-order valence-corrected chi connectivity index (χ3v) is 3.18. The predicted molar refractivity (Wildman–Crippen MR) is 78.1 cm³/mol. The molecule has 0 aromatic carbocycles. The molecule has 0 saturated carbocycles. The van der Waals surface area contributed by atoms with Crippen LogP contribution in [0.1, 0.15) is 19.8 Å². The zero-order valence-corrected chi connectivity index (χ0v) is 12.0. The highest BCUT2D eigenvalue weighted by atomic mass is 32.2. The number of thioether (sulfide) groups is 1. The fraction of sp³-hybridized carbons (Fsp3) is 0.462. The monoisotopic (exact) mass is 281 g/mol. The third kappa shape index (κ3) is 5.74. The van der Waals surface area contributed by atoms with Crippen LogP contribution in [0.4, 0.5) is 5.69 Å². The highest BCUT2D eigenvalue weighted by Crippen LogP contribution is 2.07. The zero-order chi connectivity index (χ0) is 14.1. The van der Waals surface area contributed by atoms with E-state index in [0.717, 1.165) is 5.75 Å². The average Bonchev–Trinajstić information content (AvgIpc) is 2.44. The minimum atomic E-state index is -0.493. The lowest BCUT2D eigenvalue weighted by Crippen LogP contribution is -2.43. The Kier molecular flexibility index (Phi) is 6.95. The van der Waals surface area contributed by atoms with Crippen LogP contribution >= 0.6 is 11.8 Å². The molecule has 0 spiro atoms.